The van der Waals surface area contributed by atoms with Gasteiger partial charge in [0.05, 0.1) is 31.4 Å². The molecule has 0 heterocycles. The number of rotatable bonds is 4. The number of non-ortho nitro benzene ring substituents is 1. The van der Waals surface area contributed by atoms with E-state index >= 15 is 0 Å². The van der Waals surface area contributed by atoms with Gasteiger partial charge in [0.1, 0.15) is 0 Å². The minimum Gasteiger partial charge on any atom is -0.493 e. The van der Waals surface area contributed by atoms with E-state index in [0.29, 0.717) is 11.3 Å². The molecule has 0 bridgehead atoms. The van der Waals surface area contributed by atoms with Crippen LogP contribution in [0.4, 0.5) is 5.69 Å². The molecule has 0 aliphatic carbocycles. The predicted octanol–water partition coefficient (Wildman–Crippen LogP) is 0.905. The standard InChI is InChI=1S/C9H11N3O4/c1-15-8-4-7(12(13)14)3-6(5-11-10)9(8)16-2/h3-5H,10H2,1-2H3. The molecule has 0 aliphatic heterocycles. The Morgan fingerprint density at radius 3 is 2.56 bits per heavy atom. The fourth-order valence-corrected chi connectivity index (χ4v) is 1.26. The summed E-state index contributed by atoms with van der Waals surface area (Å²) < 4.78 is 10.0. The highest BCUT2D eigenvalue weighted by molar-refractivity contribution is 5.86. The number of nitrogens with zero attached hydrogens (tertiary/aromatic N) is 2. The van der Waals surface area contributed by atoms with Crippen LogP contribution in [-0.4, -0.2) is 25.4 Å². The van der Waals surface area contributed by atoms with E-state index in [9.17, 15) is 10.1 Å². The number of hydrazone groups is 1. The second-order valence-electron chi connectivity index (χ2n) is 2.81. The number of methoxy groups -OCH3 is 2. The number of hydrogen-bond acceptors (Lipinski definition) is 6. The maximum Gasteiger partial charge on any atom is 0.274 e. The van der Waals surface area contributed by atoms with Gasteiger partial charge in [-0.25, -0.2) is 0 Å². The number of ether oxygens (including phenoxy) is 2. The van der Waals surface area contributed by atoms with E-state index in [1.165, 1.54) is 32.6 Å². The van der Waals surface area contributed by atoms with Crippen molar-refractivity contribution in [2.45, 2.75) is 0 Å². The van der Waals surface area contributed by atoms with Crippen LogP contribution in [-0.2, 0) is 0 Å². The van der Waals surface area contributed by atoms with Gasteiger partial charge >= 0.3 is 0 Å². The first-order valence-corrected chi connectivity index (χ1v) is 4.27. The molecular formula is C9H11N3O4. The van der Waals surface area contributed by atoms with Gasteiger partial charge in [0.25, 0.3) is 5.69 Å². The van der Waals surface area contributed by atoms with Crippen molar-refractivity contribution in [3.8, 4) is 11.5 Å². The number of nitrogens with two attached hydrogens (primary N) is 1. The maximum atomic E-state index is 10.7. The lowest BCUT2D eigenvalue weighted by atomic mass is 10.1. The van der Waals surface area contributed by atoms with Crippen LogP contribution in [0.1, 0.15) is 5.56 Å². The Kier molecular flexibility index (Phi) is 3.65. The molecule has 1 aromatic rings. The van der Waals surface area contributed by atoms with Crippen LogP contribution in [0.25, 0.3) is 0 Å². The van der Waals surface area contributed by atoms with E-state index in [4.69, 9.17) is 15.3 Å². The predicted molar refractivity (Wildman–Crippen MR) is 58.0 cm³/mol. The first kappa shape index (κ1) is 11.8. The Bertz CT molecular complexity index is 431. The molecule has 0 spiro atoms. The molecule has 1 aromatic carbocycles. The summed E-state index contributed by atoms with van der Waals surface area (Å²) in [4.78, 5) is 10.1. The molecule has 7 heteroatoms. The van der Waals surface area contributed by atoms with Gasteiger partial charge in [0.2, 0.25) is 0 Å². The second kappa shape index (κ2) is 4.96. The summed E-state index contributed by atoms with van der Waals surface area (Å²) in [7, 11) is 2.82. The van der Waals surface area contributed by atoms with Crippen molar-refractivity contribution in [1.82, 2.24) is 0 Å². The average Bonchev–Trinajstić information content (AvgIpc) is 2.28. The summed E-state index contributed by atoms with van der Waals surface area (Å²) in [5, 5.41) is 14.0. The van der Waals surface area contributed by atoms with Crippen molar-refractivity contribution < 1.29 is 14.4 Å². The monoisotopic (exact) mass is 225 g/mol. The zero-order chi connectivity index (χ0) is 12.1. The highest BCUT2D eigenvalue weighted by Gasteiger charge is 2.16. The normalized spacial score (nSPS) is 10.4. The lowest BCUT2D eigenvalue weighted by Crippen LogP contribution is -1.99. The summed E-state index contributed by atoms with van der Waals surface area (Å²) in [5.74, 6) is 5.61. The number of hydrogen-bond donors (Lipinski definition) is 1. The summed E-state index contributed by atoms with van der Waals surface area (Å²) in [5.41, 5.74) is 0.267. The lowest BCUT2D eigenvalue weighted by Gasteiger charge is -2.09. The molecule has 0 unspecified atom stereocenters. The molecule has 7 nitrogen and oxygen atoms in total. The van der Waals surface area contributed by atoms with Gasteiger partial charge < -0.3 is 15.3 Å². The largest absolute Gasteiger partial charge is 0.493 e. The Balaban J connectivity index is 3.42. The van der Waals surface area contributed by atoms with Gasteiger partial charge in [-0.15, -0.1) is 0 Å². The topological polar surface area (TPSA) is 100.0 Å². The van der Waals surface area contributed by atoms with Gasteiger partial charge in [0.15, 0.2) is 11.5 Å². The third-order valence-electron chi connectivity index (χ3n) is 1.92. The summed E-state index contributed by atoms with van der Waals surface area (Å²) in [6, 6.07) is 2.57. The van der Waals surface area contributed by atoms with Gasteiger partial charge in [-0.3, -0.25) is 10.1 Å². The molecule has 0 radical (unpaired) electrons. The van der Waals surface area contributed by atoms with E-state index in [-0.39, 0.29) is 11.4 Å². The summed E-state index contributed by atoms with van der Waals surface area (Å²) >= 11 is 0. The zero-order valence-corrected chi connectivity index (χ0v) is 8.84. The molecule has 0 aliphatic rings. The van der Waals surface area contributed by atoms with Crippen LogP contribution >= 0.6 is 0 Å². The molecule has 16 heavy (non-hydrogen) atoms. The fraction of sp³-hybridized carbons (Fsp3) is 0.222. The third kappa shape index (κ3) is 2.19. The maximum absolute atomic E-state index is 10.7. The van der Waals surface area contributed by atoms with E-state index in [2.05, 4.69) is 5.10 Å². The first-order chi connectivity index (χ1) is 7.63. The molecule has 0 atom stereocenters. The smallest absolute Gasteiger partial charge is 0.274 e. The minimum absolute atomic E-state index is 0.118. The van der Waals surface area contributed by atoms with E-state index in [1.54, 1.807) is 0 Å². The van der Waals surface area contributed by atoms with Crippen LogP contribution in [0.3, 0.4) is 0 Å². The van der Waals surface area contributed by atoms with Gasteiger partial charge in [-0.05, 0) is 0 Å². The van der Waals surface area contributed by atoms with Crippen LogP contribution in [0, 0.1) is 10.1 Å². The molecule has 0 aromatic heterocycles. The van der Waals surface area contributed by atoms with E-state index in [0.717, 1.165) is 0 Å². The molecule has 0 amide bonds. The third-order valence-corrected chi connectivity index (χ3v) is 1.92. The lowest BCUT2D eigenvalue weighted by molar-refractivity contribution is -0.385. The van der Waals surface area contributed by atoms with Crippen molar-refractivity contribution in [2.24, 2.45) is 10.9 Å². The number of benzene rings is 1. The average molecular weight is 225 g/mol. The highest BCUT2D eigenvalue weighted by Crippen LogP contribution is 2.34. The second-order valence-corrected chi connectivity index (χ2v) is 2.81. The van der Waals surface area contributed by atoms with Crippen LogP contribution in [0.15, 0.2) is 17.2 Å². The SMILES string of the molecule is COc1cc([N+](=O)[O-])cc(C=NN)c1OC. The molecule has 0 fully saturated rings. The van der Waals surface area contributed by atoms with Crippen molar-refractivity contribution in [3.63, 3.8) is 0 Å². The van der Waals surface area contributed by atoms with Crippen LogP contribution in [0.5, 0.6) is 11.5 Å². The Labute approximate surface area is 91.6 Å². The highest BCUT2D eigenvalue weighted by atomic mass is 16.6. The van der Waals surface area contributed by atoms with E-state index in [1.807, 2.05) is 0 Å². The summed E-state index contributed by atoms with van der Waals surface area (Å²) in [6.45, 7) is 0. The Morgan fingerprint density at radius 2 is 2.12 bits per heavy atom. The van der Waals surface area contributed by atoms with Crippen molar-refractivity contribution in [2.75, 3.05) is 14.2 Å². The fourth-order valence-electron chi connectivity index (χ4n) is 1.26. The molecule has 0 saturated carbocycles. The van der Waals surface area contributed by atoms with E-state index < -0.39 is 4.92 Å². The molecule has 0 saturated heterocycles. The van der Waals surface area contributed by atoms with Gasteiger partial charge in [-0.2, -0.15) is 5.10 Å². The first-order valence-electron chi connectivity index (χ1n) is 4.27. The number of nitro benzene ring substituents is 1. The quantitative estimate of drug-likeness (QED) is 0.355. The number of nitro groups is 1. The molecular weight excluding hydrogens is 214 g/mol. The van der Waals surface area contributed by atoms with Crippen LogP contribution in [0.2, 0.25) is 0 Å². The Morgan fingerprint density at radius 1 is 1.44 bits per heavy atom. The zero-order valence-electron chi connectivity index (χ0n) is 8.84. The summed E-state index contributed by atoms with van der Waals surface area (Å²) in [6.07, 6.45) is 1.26. The van der Waals surface area contributed by atoms with Crippen molar-refractivity contribution in [1.29, 1.82) is 0 Å². The minimum atomic E-state index is -0.532. The molecule has 2 N–H and O–H groups in total. The van der Waals surface area contributed by atoms with Gasteiger partial charge in [0, 0.05) is 11.6 Å². The van der Waals surface area contributed by atoms with Crippen molar-refractivity contribution in [3.05, 3.63) is 27.8 Å². The molecule has 86 valence electrons. The van der Waals surface area contributed by atoms with Gasteiger partial charge in [-0.1, -0.05) is 0 Å². The Hall–Kier alpha value is -2.31. The van der Waals surface area contributed by atoms with Crippen LogP contribution < -0.4 is 15.3 Å². The molecule has 1 rings (SSSR count). The van der Waals surface area contributed by atoms with Crippen molar-refractivity contribution >= 4 is 11.9 Å².